The number of benzene rings is 2. The Labute approximate surface area is 138 Å². The summed E-state index contributed by atoms with van der Waals surface area (Å²) in [5.41, 5.74) is 3.01. The van der Waals surface area contributed by atoms with Crippen molar-refractivity contribution >= 4 is 39.1 Å². The predicted octanol–water partition coefficient (Wildman–Crippen LogP) is 4.80. The molecule has 0 unspecified atom stereocenters. The van der Waals surface area contributed by atoms with E-state index in [2.05, 4.69) is 27.3 Å². The highest BCUT2D eigenvalue weighted by molar-refractivity contribution is 9.10. The van der Waals surface area contributed by atoms with Crippen molar-refractivity contribution < 1.29 is 4.79 Å². The molecule has 2 rings (SSSR count). The zero-order chi connectivity index (χ0) is 15.1. The van der Waals surface area contributed by atoms with Crippen LogP contribution < -0.4 is 5.32 Å². The van der Waals surface area contributed by atoms with Gasteiger partial charge in [0.15, 0.2) is 0 Å². The SMILES string of the molecule is O=C(Cc1cccc(Br)c1)Nc1cccc(CCCCl)c1. The van der Waals surface area contributed by atoms with Gasteiger partial charge in [0, 0.05) is 16.0 Å². The molecule has 0 saturated heterocycles. The van der Waals surface area contributed by atoms with Gasteiger partial charge < -0.3 is 5.32 Å². The second kappa shape index (κ2) is 8.20. The van der Waals surface area contributed by atoms with Gasteiger partial charge in [-0.1, -0.05) is 40.2 Å². The third kappa shape index (κ3) is 5.52. The Balaban J connectivity index is 1.96. The second-order valence-corrected chi connectivity index (χ2v) is 6.14. The second-order valence-electron chi connectivity index (χ2n) is 4.85. The van der Waals surface area contributed by atoms with Gasteiger partial charge in [-0.05, 0) is 48.2 Å². The minimum atomic E-state index is -0.0115. The quantitative estimate of drug-likeness (QED) is 0.731. The Morgan fingerprint density at radius 2 is 1.86 bits per heavy atom. The molecule has 0 fully saturated rings. The molecular formula is C17H17BrClNO. The van der Waals surface area contributed by atoms with Crippen molar-refractivity contribution in [3.63, 3.8) is 0 Å². The fraction of sp³-hybridized carbons (Fsp3) is 0.235. The van der Waals surface area contributed by atoms with Crippen LogP contribution >= 0.6 is 27.5 Å². The molecule has 0 aliphatic rings. The molecule has 21 heavy (non-hydrogen) atoms. The van der Waals surface area contributed by atoms with Crippen LogP contribution in [-0.2, 0) is 17.6 Å². The van der Waals surface area contributed by atoms with Gasteiger partial charge in [0.1, 0.15) is 0 Å². The fourth-order valence-electron chi connectivity index (χ4n) is 2.11. The van der Waals surface area contributed by atoms with E-state index in [9.17, 15) is 4.79 Å². The summed E-state index contributed by atoms with van der Waals surface area (Å²) in [6, 6.07) is 15.7. The van der Waals surface area contributed by atoms with Gasteiger partial charge in [0.25, 0.3) is 0 Å². The molecule has 0 aromatic heterocycles. The maximum atomic E-state index is 12.1. The number of anilines is 1. The minimum absolute atomic E-state index is 0.0115. The molecule has 2 nitrogen and oxygen atoms in total. The van der Waals surface area contributed by atoms with Crippen LogP contribution in [0.1, 0.15) is 17.5 Å². The smallest absolute Gasteiger partial charge is 0.228 e. The van der Waals surface area contributed by atoms with E-state index < -0.39 is 0 Å². The highest BCUT2D eigenvalue weighted by atomic mass is 79.9. The molecule has 1 amide bonds. The van der Waals surface area contributed by atoms with E-state index in [1.165, 1.54) is 5.56 Å². The molecule has 0 heterocycles. The third-order valence-electron chi connectivity index (χ3n) is 3.06. The van der Waals surface area contributed by atoms with E-state index in [1.54, 1.807) is 0 Å². The molecule has 0 radical (unpaired) electrons. The lowest BCUT2D eigenvalue weighted by atomic mass is 10.1. The van der Waals surface area contributed by atoms with Crippen molar-refractivity contribution in [3.05, 3.63) is 64.1 Å². The van der Waals surface area contributed by atoms with Crippen molar-refractivity contribution in [2.45, 2.75) is 19.3 Å². The number of hydrogen-bond acceptors (Lipinski definition) is 1. The van der Waals surface area contributed by atoms with E-state index >= 15 is 0 Å². The average Bonchev–Trinajstić information content (AvgIpc) is 2.45. The molecule has 0 atom stereocenters. The van der Waals surface area contributed by atoms with Crippen LogP contribution in [0.4, 0.5) is 5.69 Å². The zero-order valence-electron chi connectivity index (χ0n) is 11.6. The molecule has 1 N–H and O–H groups in total. The number of nitrogens with one attached hydrogen (secondary N) is 1. The summed E-state index contributed by atoms with van der Waals surface area (Å²) in [4.78, 5) is 12.1. The van der Waals surface area contributed by atoms with E-state index in [1.807, 2.05) is 42.5 Å². The summed E-state index contributed by atoms with van der Waals surface area (Å²) in [6.07, 6.45) is 2.24. The maximum absolute atomic E-state index is 12.1. The molecule has 0 aliphatic heterocycles. The van der Waals surface area contributed by atoms with Crippen molar-refractivity contribution in [2.75, 3.05) is 11.2 Å². The molecule has 0 saturated carbocycles. The summed E-state index contributed by atoms with van der Waals surface area (Å²) < 4.78 is 0.982. The zero-order valence-corrected chi connectivity index (χ0v) is 14.0. The highest BCUT2D eigenvalue weighted by Crippen LogP contribution is 2.15. The van der Waals surface area contributed by atoms with E-state index in [0.717, 1.165) is 28.6 Å². The van der Waals surface area contributed by atoms with Gasteiger partial charge in [-0.2, -0.15) is 0 Å². The molecule has 0 bridgehead atoms. The first-order valence-corrected chi connectivity index (χ1v) is 8.19. The van der Waals surface area contributed by atoms with Gasteiger partial charge >= 0.3 is 0 Å². The summed E-state index contributed by atoms with van der Waals surface area (Å²) >= 11 is 9.11. The van der Waals surface area contributed by atoms with Crippen molar-refractivity contribution in [1.29, 1.82) is 0 Å². The van der Waals surface area contributed by atoms with Gasteiger partial charge in [-0.15, -0.1) is 11.6 Å². The molecule has 110 valence electrons. The van der Waals surface area contributed by atoms with Gasteiger partial charge in [0.2, 0.25) is 5.91 Å². The summed E-state index contributed by atoms with van der Waals surface area (Å²) in [6.45, 7) is 0. The highest BCUT2D eigenvalue weighted by Gasteiger charge is 2.05. The predicted molar refractivity (Wildman–Crippen MR) is 92.0 cm³/mol. The number of carbonyl (C=O) groups excluding carboxylic acids is 1. The molecule has 0 spiro atoms. The third-order valence-corrected chi connectivity index (χ3v) is 3.82. The number of hydrogen-bond donors (Lipinski definition) is 1. The average molecular weight is 367 g/mol. The van der Waals surface area contributed by atoms with Crippen molar-refractivity contribution in [1.82, 2.24) is 0 Å². The number of alkyl halides is 1. The topological polar surface area (TPSA) is 29.1 Å². The maximum Gasteiger partial charge on any atom is 0.228 e. The van der Waals surface area contributed by atoms with Crippen LogP contribution in [0.3, 0.4) is 0 Å². The Kier molecular flexibility index (Phi) is 6.27. The van der Waals surface area contributed by atoms with Crippen LogP contribution in [0.5, 0.6) is 0 Å². The Bertz CT molecular complexity index is 615. The molecule has 2 aromatic rings. The lowest BCUT2D eigenvalue weighted by molar-refractivity contribution is -0.115. The Morgan fingerprint density at radius 1 is 1.10 bits per heavy atom. The normalized spacial score (nSPS) is 10.4. The molecule has 0 aliphatic carbocycles. The van der Waals surface area contributed by atoms with Crippen LogP contribution in [-0.4, -0.2) is 11.8 Å². The standard InChI is InChI=1S/C17H17BrClNO/c18-15-7-1-5-14(10-15)12-17(21)20-16-8-2-4-13(11-16)6-3-9-19/h1-2,4-5,7-8,10-11H,3,6,9,12H2,(H,20,21). The number of halogens is 2. The molecule has 4 heteroatoms. The molecular weight excluding hydrogens is 350 g/mol. The van der Waals surface area contributed by atoms with E-state index in [0.29, 0.717) is 12.3 Å². The first-order chi connectivity index (χ1) is 10.2. The summed E-state index contributed by atoms with van der Waals surface area (Å²) in [5, 5.41) is 2.94. The van der Waals surface area contributed by atoms with Gasteiger partial charge in [-0.3, -0.25) is 4.79 Å². The summed E-state index contributed by atoms with van der Waals surface area (Å²) in [5.74, 6) is 0.641. The van der Waals surface area contributed by atoms with Gasteiger partial charge in [-0.25, -0.2) is 0 Å². The Hall–Kier alpha value is -1.32. The first kappa shape index (κ1) is 16.1. The first-order valence-electron chi connectivity index (χ1n) is 6.86. The van der Waals surface area contributed by atoms with Gasteiger partial charge in [0.05, 0.1) is 6.42 Å². The Morgan fingerprint density at radius 3 is 2.62 bits per heavy atom. The van der Waals surface area contributed by atoms with Crippen LogP contribution in [0.2, 0.25) is 0 Å². The van der Waals surface area contributed by atoms with E-state index in [4.69, 9.17) is 11.6 Å². The molecule has 2 aromatic carbocycles. The van der Waals surface area contributed by atoms with Crippen LogP contribution in [0.15, 0.2) is 53.0 Å². The largest absolute Gasteiger partial charge is 0.326 e. The minimum Gasteiger partial charge on any atom is -0.326 e. The number of amides is 1. The van der Waals surface area contributed by atoms with Crippen LogP contribution in [0.25, 0.3) is 0 Å². The monoisotopic (exact) mass is 365 g/mol. The fourth-order valence-corrected chi connectivity index (χ4v) is 2.69. The number of rotatable bonds is 6. The van der Waals surface area contributed by atoms with E-state index in [-0.39, 0.29) is 5.91 Å². The lowest BCUT2D eigenvalue weighted by Gasteiger charge is -2.07. The lowest BCUT2D eigenvalue weighted by Crippen LogP contribution is -2.14. The summed E-state index contributed by atoms with van der Waals surface area (Å²) in [7, 11) is 0. The number of carbonyl (C=O) groups is 1. The van der Waals surface area contributed by atoms with Crippen molar-refractivity contribution in [2.24, 2.45) is 0 Å². The van der Waals surface area contributed by atoms with Crippen molar-refractivity contribution in [3.8, 4) is 0 Å². The van der Waals surface area contributed by atoms with Crippen LogP contribution in [0, 0.1) is 0 Å². The number of aryl methyl sites for hydroxylation is 1.